The van der Waals surface area contributed by atoms with E-state index in [0.717, 1.165) is 16.8 Å². The number of nitrogens with zero attached hydrogens (tertiary/aromatic N) is 1. The van der Waals surface area contributed by atoms with Gasteiger partial charge in [-0.2, -0.15) is 0 Å². The number of nitrogens with one attached hydrogen (secondary N) is 1. The van der Waals surface area contributed by atoms with Crippen LogP contribution in [-0.2, 0) is 26.9 Å². The molecule has 0 radical (unpaired) electrons. The number of aryl methyl sites for hydroxylation is 1. The smallest absolute Gasteiger partial charge is 0.243 e. The summed E-state index contributed by atoms with van der Waals surface area (Å²) < 4.78 is 6.31. The van der Waals surface area contributed by atoms with E-state index in [1.165, 1.54) is 0 Å². The number of amides is 2. The maximum absolute atomic E-state index is 13.2. The summed E-state index contributed by atoms with van der Waals surface area (Å²) in [5, 5.41) is 8.72. The van der Waals surface area contributed by atoms with Gasteiger partial charge in [-0.15, -0.1) is 0 Å². The molecule has 2 rings (SSSR count). The number of anilines is 1. The molecule has 0 saturated heterocycles. The molecule has 7 heteroatoms. The van der Waals surface area contributed by atoms with Gasteiger partial charge in [-0.05, 0) is 47.8 Å². The summed E-state index contributed by atoms with van der Waals surface area (Å²) in [5.74, 6) is -0.398. The first kappa shape index (κ1) is 25.8. The van der Waals surface area contributed by atoms with Gasteiger partial charge >= 0.3 is 0 Å². The Hall–Kier alpha value is -2.48. The van der Waals surface area contributed by atoms with Gasteiger partial charge in [0.2, 0.25) is 11.8 Å². The molecule has 0 aliphatic carbocycles. The molecule has 2 amide bonds. The highest BCUT2D eigenvalue weighted by Gasteiger charge is 2.37. The van der Waals surface area contributed by atoms with Crippen LogP contribution in [0, 0.1) is 0 Å². The minimum absolute atomic E-state index is 0.0161. The van der Waals surface area contributed by atoms with E-state index in [9.17, 15) is 9.59 Å². The summed E-state index contributed by atoms with van der Waals surface area (Å²) in [7, 11) is -1.89. The summed E-state index contributed by atoms with van der Waals surface area (Å²) in [6.45, 7) is 12.1. The Morgan fingerprint density at radius 3 is 2.16 bits per heavy atom. The van der Waals surface area contributed by atoms with Crippen LogP contribution in [-0.4, -0.2) is 38.5 Å². The molecule has 0 bridgehead atoms. The molecule has 2 aromatic rings. The lowest BCUT2D eigenvalue weighted by atomic mass is 10.0. The SMILES string of the molecule is CC(C)(C)[Si](C)(C)OCCN(C(=O)Cc1ccc(CCC(=O)NO)cc1)c1ccccc1. The molecule has 32 heavy (non-hydrogen) atoms. The number of hydroxylamine groups is 1. The van der Waals surface area contributed by atoms with Crippen molar-refractivity contribution in [2.24, 2.45) is 0 Å². The second-order valence-corrected chi connectivity index (χ2v) is 14.3. The number of hydrogen-bond donors (Lipinski definition) is 2. The number of carbonyl (C=O) groups is 2. The molecule has 0 fully saturated rings. The Kier molecular flexibility index (Phi) is 9.18. The topological polar surface area (TPSA) is 78.9 Å². The minimum Gasteiger partial charge on any atom is -0.415 e. The highest BCUT2D eigenvalue weighted by molar-refractivity contribution is 6.74. The molecular formula is C25H36N2O4Si. The van der Waals surface area contributed by atoms with E-state index in [2.05, 4.69) is 33.9 Å². The third kappa shape index (κ3) is 7.58. The maximum Gasteiger partial charge on any atom is 0.243 e. The van der Waals surface area contributed by atoms with Crippen LogP contribution in [0.5, 0.6) is 0 Å². The standard InChI is InChI=1S/C25H36N2O4Si/c1-25(2,3)32(4,5)31-18-17-27(22-9-7-6-8-10-22)24(29)19-21-13-11-20(12-14-21)15-16-23(28)26-30/h6-14,30H,15-19H2,1-5H3,(H,26,28). The highest BCUT2D eigenvalue weighted by atomic mass is 28.4. The molecule has 0 unspecified atom stereocenters. The van der Waals surface area contributed by atoms with Crippen LogP contribution < -0.4 is 10.4 Å². The van der Waals surface area contributed by atoms with Crippen LogP contribution in [0.3, 0.4) is 0 Å². The van der Waals surface area contributed by atoms with E-state index in [4.69, 9.17) is 9.63 Å². The molecule has 0 aliphatic rings. The van der Waals surface area contributed by atoms with Gasteiger partial charge in [0.1, 0.15) is 0 Å². The van der Waals surface area contributed by atoms with Gasteiger partial charge in [-0.1, -0.05) is 63.2 Å². The number of rotatable bonds is 10. The summed E-state index contributed by atoms with van der Waals surface area (Å²) in [4.78, 5) is 26.2. The fraction of sp³-hybridized carbons (Fsp3) is 0.440. The Morgan fingerprint density at radius 1 is 1.00 bits per heavy atom. The van der Waals surface area contributed by atoms with Crippen molar-refractivity contribution in [2.75, 3.05) is 18.1 Å². The minimum atomic E-state index is -1.89. The third-order valence-corrected chi connectivity index (χ3v) is 10.6. The zero-order chi connectivity index (χ0) is 23.8. The number of carbonyl (C=O) groups excluding carboxylic acids is 2. The lowest BCUT2D eigenvalue weighted by Crippen LogP contribution is -2.44. The van der Waals surface area contributed by atoms with Crippen molar-refractivity contribution in [3.8, 4) is 0 Å². The molecule has 0 heterocycles. The van der Waals surface area contributed by atoms with Crippen molar-refractivity contribution < 1.29 is 19.2 Å². The van der Waals surface area contributed by atoms with E-state index in [1.807, 2.05) is 54.6 Å². The molecular weight excluding hydrogens is 420 g/mol. The first-order chi connectivity index (χ1) is 15.0. The lowest BCUT2D eigenvalue weighted by molar-refractivity contribution is -0.129. The Bertz CT molecular complexity index is 877. The fourth-order valence-corrected chi connectivity index (χ4v) is 4.06. The Labute approximate surface area is 192 Å². The molecule has 2 aromatic carbocycles. The van der Waals surface area contributed by atoms with Crippen molar-refractivity contribution in [3.63, 3.8) is 0 Å². The largest absolute Gasteiger partial charge is 0.415 e. The quantitative estimate of drug-likeness (QED) is 0.308. The molecule has 174 valence electrons. The lowest BCUT2D eigenvalue weighted by Gasteiger charge is -2.36. The van der Waals surface area contributed by atoms with Gasteiger partial charge in [-0.3, -0.25) is 14.8 Å². The van der Waals surface area contributed by atoms with Gasteiger partial charge in [0.05, 0.1) is 13.0 Å². The summed E-state index contributed by atoms with van der Waals surface area (Å²) in [6, 6.07) is 17.4. The maximum atomic E-state index is 13.2. The van der Waals surface area contributed by atoms with Gasteiger partial charge in [-0.25, -0.2) is 5.48 Å². The first-order valence-corrected chi connectivity index (χ1v) is 13.9. The molecule has 6 nitrogen and oxygen atoms in total. The molecule has 0 spiro atoms. The van der Waals surface area contributed by atoms with Crippen LogP contribution in [0.25, 0.3) is 0 Å². The van der Waals surface area contributed by atoms with E-state index < -0.39 is 14.2 Å². The predicted octanol–water partition coefficient (Wildman–Crippen LogP) is 4.72. The first-order valence-electron chi connectivity index (χ1n) is 11.0. The Morgan fingerprint density at radius 2 is 1.59 bits per heavy atom. The summed E-state index contributed by atoms with van der Waals surface area (Å²) >= 11 is 0. The highest BCUT2D eigenvalue weighted by Crippen LogP contribution is 2.36. The van der Waals surface area contributed by atoms with E-state index in [1.54, 1.807) is 10.4 Å². The zero-order valence-corrected chi connectivity index (χ0v) is 20.9. The molecule has 0 saturated carbocycles. The Balaban J connectivity index is 2.05. The summed E-state index contributed by atoms with van der Waals surface area (Å²) in [6.07, 6.45) is 1.03. The van der Waals surface area contributed by atoms with E-state index in [0.29, 0.717) is 19.6 Å². The molecule has 0 aliphatic heterocycles. The predicted molar refractivity (Wildman–Crippen MR) is 130 cm³/mol. The van der Waals surface area contributed by atoms with Gasteiger partial charge in [0, 0.05) is 18.7 Å². The monoisotopic (exact) mass is 456 g/mol. The fourth-order valence-electron chi connectivity index (χ4n) is 3.02. The summed E-state index contributed by atoms with van der Waals surface area (Å²) in [5.41, 5.74) is 4.39. The van der Waals surface area contributed by atoms with Crippen molar-refractivity contribution in [2.45, 2.75) is 58.2 Å². The zero-order valence-electron chi connectivity index (χ0n) is 19.9. The second-order valence-electron chi connectivity index (χ2n) is 9.52. The molecule has 0 atom stereocenters. The molecule has 2 N–H and O–H groups in total. The van der Waals surface area contributed by atoms with Gasteiger partial charge < -0.3 is 9.33 Å². The van der Waals surface area contributed by atoms with Crippen LogP contribution in [0.2, 0.25) is 18.1 Å². The number of para-hydroxylation sites is 1. The second kappa shape index (κ2) is 11.4. The van der Waals surface area contributed by atoms with Gasteiger partial charge in [0.15, 0.2) is 8.32 Å². The number of benzene rings is 2. The van der Waals surface area contributed by atoms with Crippen molar-refractivity contribution in [3.05, 3.63) is 65.7 Å². The van der Waals surface area contributed by atoms with Crippen LogP contribution in [0.15, 0.2) is 54.6 Å². The van der Waals surface area contributed by atoms with Crippen LogP contribution >= 0.6 is 0 Å². The van der Waals surface area contributed by atoms with Crippen LogP contribution in [0.4, 0.5) is 5.69 Å². The van der Waals surface area contributed by atoms with Crippen LogP contribution in [0.1, 0.15) is 38.3 Å². The number of hydrogen-bond acceptors (Lipinski definition) is 4. The average Bonchev–Trinajstić information content (AvgIpc) is 2.75. The third-order valence-electron chi connectivity index (χ3n) is 6.10. The van der Waals surface area contributed by atoms with Crippen molar-refractivity contribution >= 4 is 25.8 Å². The molecule has 0 aromatic heterocycles. The van der Waals surface area contributed by atoms with E-state index >= 15 is 0 Å². The average molecular weight is 457 g/mol. The van der Waals surface area contributed by atoms with Gasteiger partial charge in [0.25, 0.3) is 0 Å². The normalized spacial score (nSPS) is 11.8. The van der Waals surface area contributed by atoms with E-state index in [-0.39, 0.29) is 23.8 Å². The van der Waals surface area contributed by atoms with Crippen molar-refractivity contribution in [1.82, 2.24) is 5.48 Å². The van der Waals surface area contributed by atoms with Crippen molar-refractivity contribution in [1.29, 1.82) is 0 Å².